The van der Waals surface area contributed by atoms with Crippen molar-refractivity contribution in [1.82, 2.24) is 0 Å². The molecule has 6 nitrogen and oxygen atoms in total. The summed E-state index contributed by atoms with van der Waals surface area (Å²) in [7, 11) is 0. The molecule has 1 aliphatic heterocycles. The monoisotopic (exact) mass is 523 g/mol. The standard InChI is InChI=1S/C23H29N3O3.HI/c24-23(26-18-10-11-21-22(16-18)29-15-5-14-28-21)25-12-4-13-27-20-9-3-7-17-6-1-2-8-19(17)20;/h1-2,6,8,10-11,16,20H,3-5,7,9,12-15H2,(H3,24,25,26);1H. The van der Waals surface area contributed by atoms with Crippen molar-refractivity contribution in [3.05, 3.63) is 53.6 Å². The van der Waals surface area contributed by atoms with Gasteiger partial charge in [-0.15, -0.1) is 24.0 Å². The maximum absolute atomic E-state index is 6.12. The van der Waals surface area contributed by atoms with E-state index in [1.54, 1.807) is 0 Å². The van der Waals surface area contributed by atoms with E-state index in [2.05, 4.69) is 34.6 Å². The lowest BCUT2D eigenvalue weighted by atomic mass is 9.89. The predicted octanol–water partition coefficient (Wildman–Crippen LogP) is 4.68. The summed E-state index contributed by atoms with van der Waals surface area (Å²) in [6.07, 6.45) is 5.36. The van der Waals surface area contributed by atoms with Gasteiger partial charge in [0.1, 0.15) is 0 Å². The number of benzene rings is 2. The normalized spacial score (nSPS) is 18.0. The van der Waals surface area contributed by atoms with Gasteiger partial charge in [-0.05, 0) is 48.9 Å². The lowest BCUT2D eigenvalue weighted by Gasteiger charge is -2.25. The molecule has 30 heavy (non-hydrogen) atoms. The van der Waals surface area contributed by atoms with Crippen molar-refractivity contribution in [3.8, 4) is 11.5 Å². The molecular weight excluding hydrogens is 493 g/mol. The first-order valence-corrected chi connectivity index (χ1v) is 10.5. The Morgan fingerprint density at radius 2 is 1.93 bits per heavy atom. The lowest BCUT2D eigenvalue weighted by Crippen LogP contribution is -2.23. The van der Waals surface area contributed by atoms with Crippen LogP contribution in [-0.2, 0) is 11.2 Å². The number of fused-ring (bicyclic) bond motifs is 2. The van der Waals surface area contributed by atoms with E-state index in [4.69, 9.17) is 19.9 Å². The summed E-state index contributed by atoms with van der Waals surface area (Å²) in [5, 5.41) is 3.12. The first-order valence-electron chi connectivity index (χ1n) is 10.5. The van der Waals surface area contributed by atoms with Gasteiger partial charge >= 0.3 is 0 Å². The zero-order chi connectivity index (χ0) is 19.9. The third-order valence-electron chi connectivity index (χ3n) is 5.24. The fourth-order valence-corrected chi connectivity index (χ4v) is 3.80. The maximum atomic E-state index is 6.12. The molecule has 1 aliphatic carbocycles. The minimum atomic E-state index is 0. The number of rotatable bonds is 6. The molecule has 0 aromatic heterocycles. The van der Waals surface area contributed by atoms with E-state index >= 15 is 0 Å². The Balaban J connectivity index is 0.00000256. The van der Waals surface area contributed by atoms with E-state index in [0.717, 1.165) is 42.9 Å². The minimum absolute atomic E-state index is 0. The van der Waals surface area contributed by atoms with Gasteiger partial charge in [0.15, 0.2) is 17.5 Å². The van der Waals surface area contributed by atoms with E-state index in [9.17, 15) is 0 Å². The van der Waals surface area contributed by atoms with Crippen LogP contribution >= 0.6 is 24.0 Å². The molecule has 2 aromatic carbocycles. The molecule has 2 aromatic rings. The Hall–Kier alpha value is -2.00. The highest BCUT2D eigenvalue weighted by Crippen LogP contribution is 2.33. The van der Waals surface area contributed by atoms with Crippen LogP contribution < -0.4 is 20.5 Å². The molecule has 1 unspecified atom stereocenters. The van der Waals surface area contributed by atoms with Crippen molar-refractivity contribution in [2.45, 2.75) is 38.2 Å². The Morgan fingerprint density at radius 1 is 1.10 bits per heavy atom. The van der Waals surface area contributed by atoms with Gasteiger partial charge in [0, 0.05) is 31.3 Å². The average molecular weight is 523 g/mol. The molecule has 0 spiro atoms. The zero-order valence-electron chi connectivity index (χ0n) is 17.1. The van der Waals surface area contributed by atoms with Gasteiger partial charge in [-0.3, -0.25) is 4.99 Å². The van der Waals surface area contributed by atoms with E-state index in [1.165, 1.54) is 17.5 Å². The lowest BCUT2D eigenvalue weighted by molar-refractivity contribution is 0.0403. The van der Waals surface area contributed by atoms with Crippen LogP contribution in [0.25, 0.3) is 0 Å². The molecule has 1 atom stereocenters. The van der Waals surface area contributed by atoms with Crippen molar-refractivity contribution in [2.24, 2.45) is 10.7 Å². The van der Waals surface area contributed by atoms with Gasteiger partial charge in [0.05, 0.1) is 19.3 Å². The predicted molar refractivity (Wildman–Crippen MR) is 130 cm³/mol. The van der Waals surface area contributed by atoms with Crippen LogP contribution in [0.1, 0.15) is 42.9 Å². The molecule has 0 saturated heterocycles. The van der Waals surface area contributed by atoms with Crippen molar-refractivity contribution in [1.29, 1.82) is 0 Å². The summed E-state index contributed by atoms with van der Waals surface area (Å²) >= 11 is 0. The highest BCUT2D eigenvalue weighted by Gasteiger charge is 2.19. The molecule has 0 fully saturated rings. The van der Waals surface area contributed by atoms with Crippen LogP contribution in [0.15, 0.2) is 47.5 Å². The number of ether oxygens (including phenoxy) is 3. The number of aryl methyl sites for hydroxylation is 1. The fourth-order valence-electron chi connectivity index (χ4n) is 3.80. The van der Waals surface area contributed by atoms with Crippen molar-refractivity contribution >= 4 is 35.6 Å². The fraction of sp³-hybridized carbons (Fsp3) is 0.435. The molecule has 0 bridgehead atoms. The average Bonchev–Trinajstić information content (AvgIpc) is 2.98. The highest BCUT2D eigenvalue weighted by atomic mass is 127. The van der Waals surface area contributed by atoms with Gasteiger partial charge in [-0.25, -0.2) is 0 Å². The van der Waals surface area contributed by atoms with E-state index in [-0.39, 0.29) is 30.1 Å². The van der Waals surface area contributed by atoms with Crippen molar-refractivity contribution < 1.29 is 14.2 Å². The number of guanidine groups is 1. The SMILES string of the molecule is I.NC(=NCCCOC1CCCc2ccccc21)Nc1ccc2c(c1)OCCCO2. The van der Waals surface area contributed by atoms with Gasteiger partial charge in [0.25, 0.3) is 0 Å². The smallest absolute Gasteiger partial charge is 0.193 e. The van der Waals surface area contributed by atoms with E-state index < -0.39 is 0 Å². The second-order valence-electron chi connectivity index (χ2n) is 7.41. The Labute approximate surface area is 195 Å². The van der Waals surface area contributed by atoms with Crippen molar-refractivity contribution in [3.63, 3.8) is 0 Å². The largest absolute Gasteiger partial charge is 0.490 e. The molecule has 1 heterocycles. The number of nitrogens with one attached hydrogen (secondary N) is 1. The molecule has 0 saturated carbocycles. The maximum Gasteiger partial charge on any atom is 0.193 e. The third-order valence-corrected chi connectivity index (χ3v) is 5.24. The summed E-state index contributed by atoms with van der Waals surface area (Å²) in [6, 6.07) is 14.3. The number of hydrogen-bond donors (Lipinski definition) is 2. The molecule has 2 aliphatic rings. The van der Waals surface area contributed by atoms with Crippen LogP contribution in [0.3, 0.4) is 0 Å². The number of nitrogens with two attached hydrogens (primary N) is 1. The first kappa shape index (κ1) is 22.7. The van der Waals surface area contributed by atoms with Crippen LogP contribution in [-0.4, -0.2) is 32.3 Å². The first-order chi connectivity index (χ1) is 14.3. The summed E-state index contributed by atoms with van der Waals surface area (Å²) in [6.45, 7) is 2.64. The summed E-state index contributed by atoms with van der Waals surface area (Å²) < 4.78 is 17.5. The number of anilines is 1. The topological polar surface area (TPSA) is 78.1 Å². The summed E-state index contributed by atoms with van der Waals surface area (Å²) in [5.41, 5.74) is 9.63. The van der Waals surface area contributed by atoms with Crippen LogP contribution in [0.2, 0.25) is 0 Å². The number of aliphatic imine (C=N–C) groups is 1. The second kappa shape index (κ2) is 11.4. The molecule has 7 heteroatoms. The molecule has 0 radical (unpaired) electrons. The Kier molecular flexibility index (Phi) is 8.62. The molecule has 0 amide bonds. The minimum Gasteiger partial charge on any atom is -0.490 e. The second-order valence-corrected chi connectivity index (χ2v) is 7.41. The van der Waals surface area contributed by atoms with Gasteiger partial charge in [-0.1, -0.05) is 24.3 Å². The Bertz CT molecular complexity index is 859. The Morgan fingerprint density at radius 3 is 2.83 bits per heavy atom. The molecule has 162 valence electrons. The quantitative estimate of drug-likeness (QED) is 0.249. The van der Waals surface area contributed by atoms with Crippen molar-refractivity contribution in [2.75, 3.05) is 31.7 Å². The van der Waals surface area contributed by atoms with Gasteiger partial charge in [-0.2, -0.15) is 0 Å². The van der Waals surface area contributed by atoms with E-state index in [0.29, 0.717) is 32.3 Å². The number of hydrogen-bond acceptors (Lipinski definition) is 4. The van der Waals surface area contributed by atoms with Crippen LogP contribution in [0.5, 0.6) is 11.5 Å². The van der Waals surface area contributed by atoms with Crippen LogP contribution in [0.4, 0.5) is 5.69 Å². The van der Waals surface area contributed by atoms with Crippen LogP contribution in [0, 0.1) is 0 Å². The zero-order valence-corrected chi connectivity index (χ0v) is 19.5. The number of nitrogens with zero attached hydrogens (tertiary/aromatic N) is 1. The van der Waals surface area contributed by atoms with E-state index in [1.807, 2.05) is 18.2 Å². The molecule has 4 rings (SSSR count). The number of halogens is 1. The van der Waals surface area contributed by atoms with Gasteiger partial charge < -0.3 is 25.3 Å². The summed E-state index contributed by atoms with van der Waals surface area (Å²) in [4.78, 5) is 4.41. The summed E-state index contributed by atoms with van der Waals surface area (Å²) in [5.74, 6) is 1.90. The highest BCUT2D eigenvalue weighted by molar-refractivity contribution is 14.0. The molecule has 3 N–H and O–H groups in total. The van der Waals surface area contributed by atoms with Gasteiger partial charge in [0.2, 0.25) is 0 Å². The third kappa shape index (κ3) is 6.01. The molecular formula is C23H30IN3O3.